The van der Waals surface area contributed by atoms with E-state index in [1.54, 1.807) is 25.1 Å². The molecule has 0 spiro atoms. The third-order valence-corrected chi connectivity index (χ3v) is 6.23. The molecule has 9 heteroatoms. The van der Waals surface area contributed by atoms with Crippen molar-refractivity contribution in [1.29, 1.82) is 5.26 Å². The van der Waals surface area contributed by atoms with E-state index in [0.29, 0.717) is 45.9 Å². The van der Waals surface area contributed by atoms with Crippen molar-refractivity contribution < 1.29 is 27.4 Å². The van der Waals surface area contributed by atoms with Crippen LogP contribution in [0, 0.1) is 17.1 Å². The van der Waals surface area contributed by atoms with Gasteiger partial charge in [-0.3, -0.25) is 0 Å². The number of hydrogen-bond acceptors (Lipinski definition) is 5. The summed E-state index contributed by atoms with van der Waals surface area (Å²) in [7, 11) is 1.53. The minimum absolute atomic E-state index is 0.00862. The molecule has 5 rings (SSSR count). The van der Waals surface area contributed by atoms with Crippen LogP contribution in [0.2, 0.25) is 0 Å². The quantitative estimate of drug-likeness (QED) is 0.292. The van der Waals surface area contributed by atoms with Crippen molar-refractivity contribution in [3.63, 3.8) is 0 Å². The first-order valence-electron chi connectivity index (χ1n) is 11.5. The molecule has 0 atom stereocenters. The van der Waals surface area contributed by atoms with E-state index in [1.165, 1.54) is 25.3 Å². The van der Waals surface area contributed by atoms with E-state index in [9.17, 15) is 18.4 Å². The van der Waals surface area contributed by atoms with Crippen LogP contribution in [-0.4, -0.2) is 23.3 Å². The summed E-state index contributed by atoms with van der Waals surface area (Å²) < 4.78 is 57.6. The average molecular weight is 505 g/mol. The van der Waals surface area contributed by atoms with E-state index >= 15 is 0 Å². The van der Waals surface area contributed by atoms with Crippen LogP contribution in [0.15, 0.2) is 60.2 Å². The Kier molecular flexibility index (Phi) is 6.59. The summed E-state index contributed by atoms with van der Waals surface area (Å²) >= 11 is 0. The molecule has 0 saturated carbocycles. The number of benzene rings is 3. The number of para-hydroxylation sites is 1. The molecule has 0 fully saturated rings. The highest BCUT2D eigenvalue weighted by Crippen LogP contribution is 2.39. The lowest BCUT2D eigenvalue weighted by atomic mass is 9.90. The van der Waals surface area contributed by atoms with Crippen molar-refractivity contribution >= 4 is 16.6 Å². The fourth-order valence-electron chi connectivity index (χ4n) is 4.65. The molecule has 2 heterocycles. The Hall–Kier alpha value is -4.29. The van der Waals surface area contributed by atoms with Gasteiger partial charge >= 0.3 is 6.61 Å². The van der Waals surface area contributed by atoms with Crippen LogP contribution in [0.5, 0.6) is 11.5 Å². The van der Waals surface area contributed by atoms with Crippen molar-refractivity contribution in [1.82, 2.24) is 9.55 Å². The van der Waals surface area contributed by atoms with Gasteiger partial charge in [-0.15, -0.1) is 0 Å². The van der Waals surface area contributed by atoms with Crippen LogP contribution in [-0.2, 0) is 24.5 Å². The standard InChI is InChI=1S/C28H22F3N3O3/c1-16(12-32)26-20-8-6-17(10-18(20)14-36-24-11-19(29)7-9-21(24)26)13-34-22-4-3-5-23(37-28(30)31)27(22)33-25(34)15-35-2/h3-11,28H,13-15H2,1-2H3/b26-16+. The van der Waals surface area contributed by atoms with E-state index in [0.717, 1.165) is 16.7 Å². The second-order valence-electron chi connectivity index (χ2n) is 8.58. The number of nitriles is 1. The fraction of sp³-hybridized carbons (Fsp3) is 0.214. The molecule has 3 aromatic carbocycles. The number of alkyl halides is 2. The molecule has 1 aromatic heterocycles. The largest absolute Gasteiger partial charge is 0.488 e. The van der Waals surface area contributed by atoms with Gasteiger partial charge in [0.25, 0.3) is 0 Å². The molecule has 1 aliphatic rings. The van der Waals surface area contributed by atoms with Crippen molar-refractivity contribution in [3.8, 4) is 17.6 Å². The summed E-state index contributed by atoms with van der Waals surface area (Å²) in [5, 5.41) is 9.67. The third kappa shape index (κ3) is 4.63. The number of fused-ring (bicyclic) bond motifs is 3. The monoisotopic (exact) mass is 505 g/mol. The van der Waals surface area contributed by atoms with Crippen molar-refractivity contribution in [2.75, 3.05) is 7.11 Å². The second-order valence-corrected chi connectivity index (χ2v) is 8.58. The Morgan fingerprint density at radius 1 is 1.16 bits per heavy atom. The van der Waals surface area contributed by atoms with E-state index < -0.39 is 12.4 Å². The lowest BCUT2D eigenvalue weighted by Crippen LogP contribution is -2.07. The Morgan fingerprint density at radius 2 is 1.97 bits per heavy atom. The maximum absolute atomic E-state index is 13.9. The number of nitrogens with zero attached hydrogens (tertiary/aromatic N) is 3. The first-order valence-corrected chi connectivity index (χ1v) is 11.5. The summed E-state index contributed by atoms with van der Waals surface area (Å²) in [6.45, 7) is -0.518. The molecule has 1 aliphatic heterocycles. The van der Waals surface area contributed by atoms with Gasteiger partial charge in [0.15, 0.2) is 5.75 Å². The SMILES string of the molecule is COCc1nc2c(OC(F)F)cccc2n1Cc1ccc2c(c1)COc1cc(F)ccc1/C2=C(\C)C#N. The number of methoxy groups -OCH3 is 1. The molecular weight excluding hydrogens is 483 g/mol. The predicted molar refractivity (Wildman–Crippen MR) is 131 cm³/mol. The maximum Gasteiger partial charge on any atom is 0.387 e. The minimum Gasteiger partial charge on any atom is -0.488 e. The zero-order valence-corrected chi connectivity index (χ0v) is 20.1. The Labute approximate surface area is 211 Å². The molecule has 6 nitrogen and oxygen atoms in total. The molecule has 37 heavy (non-hydrogen) atoms. The average Bonchev–Trinajstić information content (AvgIpc) is 3.13. The fourth-order valence-corrected chi connectivity index (χ4v) is 4.65. The van der Waals surface area contributed by atoms with Crippen LogP contribution in [0.3, 0.4) is 0 Å². The zero-order valence-electron chi connectivity index (χ0n) is 20.1. The molecule has 0 amide bonds. The van der Waals surface area contributed by atoms with E-state index in [2.05, 4.69) is 15.8 Å². The van der Waals surface area contributed by atoms with E-state index in [1.807, 2.05) is 22.8 Å². The van der Waals surface area contributed by atoms with Crippen LogP contribution >= 0.6 is 0 Å². The summed E-state index contributed by atoms with van der Waals surface area (Å²) in [6, 6.07) is 17.2. The number of hydrogen-bond donors (Lipinski definition) is 0. The topological polar surface area (TPSA) is 69.3 Å². The van der Waals surface area contributed by atoms with Crippen molar-refractivity contribution in [2.24, 2.45) is 0 Å². The summed E-state index contributed by atoms with van der Waals surface area (Å²) in [4.78, 5) is 4.51. The van der Waals surface area contributed by atoms with Gasteiger partial charge in [-0.1, -0.05) is 18.2 Å². The number of rotatable bonds is 6. The molecule has 0 aliphatic carbocycles. The van der Waals surface area contributed by atoms with E-state index in [-0.39, 0.29) is 19.0 Å². The third-order valence-electron chi connectivity index (χ3n) is 6.23. The maximum atomic E-state index is 13.9. The van der Waals surface area contributed by atoms with Crippen LogP contribution in [0.25, 0.3) is 16.6 Å². The van der Waals surface area contributed by atoms with Crippen molar-refractivity contribution in [2.45, 2.75) is 33.3 Å². The van der Waals surface area contributed by atoms with Gasteiger partial charge in [0.1, 0.15) is 36.1 Å². The molecule has 0 unspecified atom stereocenters. The number of ether oxygens (including phenoxy) is 3. The van der Waals surface area contributed by atoms with Gasteiger partial charge < -0.3 is 18.8 Å². The Bertz CT molecular complexity index is 1570. The van der Waals surface area contributed by atoms with Gasteiger partial charge in [-0.25, -0.2) is 9.37 Å². The molecule has 188 valence electrons. The van der Waals surface area contributed by atoms with Gasteiger partial charge in [-0.2, -0.15) is 14.0 Å². The number of allylic oxidation sites excluding steroid dienone is 1. The predicted octanol–water partition coefficient (Wildman–Crippen LogP) is 6.21. The highest BCUT2D eigenvalue weighted by atomic mass is 19.3. The number of aromatic nitrogens is 2. The minimum atomic E-state index is -2.97. The molecule has 0 bridgehead atoms. The molecule has 0 saturated heterocycles. The lowest BCUT2D eigenvalue weighted by Gasteiger charge is -2.14. The molecule has 0 N–H and O–H groups in total. The van der Waals surface area contributed by atoms with Gasteiger partial charge in [0, 0.05) is 36.4 Å². The summed E-state index contributed by atoms with van der Waals surface area (Å²) in [5.74, 6) is 0.493. The first kappa shape index (κ1) is 24.4. The summed E-state index contributed by atoms with van der Waals surface area (Å²) in [5.41, 5.74) is 5.33. The molecule has 4 aromatic rings. The van der Waals surface area contributed by atoms with Crippen LogP contribution < -0.4 is 9.47 Å². The lowest BCUT2D eigenvalue weighted by molar-refractivity contribution is -0.0489. The van der Waals surface area contributed by atoms with Crippen molar-refractivity contribution in [3.05, 3.63) is 94.1 Å². The van der Waals surface area contributed by atoms with Gasteiger partial charge in [0.2, 0.25) is 0 Å². The van der Waals surface area contributed by atoms with Crippen LogP contribution in [0.4, 0.5) is 13.2 Å². The van der Waals surface area contributed by atoms with Gasteiger partial charge in [-0.05, 0) is 53.9 Å². The smallest absolute Gasteiger partial charge is 0.387 e. The molecular formula is C28H22F3N3O3. The van der Waals surface area contributed by atoms with E-state index in [4.69, 9.17) is 9.47 Å². The van der Waals surface area contributed by atoms with Gasteiger partial charge in [0.05, 0.1) is 11.6 Å². The normalized spacial score (nSPS) is 14.0. The summed E-state index contributed by atoms with van der Waals surface area (Å²) in [6.07, 6.45) is 0. The first-order chi connectivity index (χ1) is 17.9. The Morgan fingerprint density at radius 3 is 2.73 bits per heavy atom. The highest BCUT2D eigenvalue weighted by Gasteiger charge is 2.23. The zero-order chi connectivity index (χ0) is 26.1. The molecule has 0 radical (unpaired) electrons. The highest BCUT2D eigenvalue weighted by molar-refractivity contribution is 5.88. The van der Waals surface area contributed by atoms with Crippen LogP contribution in [0.1, 0.15) is 35.0 Å². The number of imidazole rings is 1. The second kappa shape index (κ2) is 9.99. The number of halogens is 3. The Balaban J connectivity index is 1.59.